The van der Waals surface area contributed by atoms with Gasteiger partial charge in [0.25, 0.3) is 4.80 Å². The molecule has 5 nitrogen and oxygen atoms in total. The van der Waals surface area contributed by atoms with E-state index >= 15 is 0 Å². The molecular weight excluding hydrogens is 288 g/mol. The zero-order valence-corrected chi connectivity index (χ0v) is 11.7. The first kappa shape index (κ1) is 12.4. The predicted octanol–water partition coefficient (Wildman–Crippen LogP) is 2.73. The van der Waals surface area contributed by atoms with Crippen LogP contribution in [0.5, 0.6) is 0 Å². The van der Waals surface area contributed by atoms with Gasteiger partial charge in [0, 0.05) is 28.9 Å². The molecule has 1 aromatic rings. The lowest BCUT2D eigenvalue weighted by molar-refractivity contribution is 0.0217. The lowest BCUT2D eigenvalue weighted by Crippen LogP contribution is -2.39. The third-order valence-electron chi connectivity index (χ3n) is 2.35. The molecule has 94 valence electrons. The van der Waals surface area contributed by atoms with Crippen molar-refractivity contribution in [2.75, 3.05) is 6.54 Å². The number of nitrogens with zero attached hydrogens (tertiary/aromatic N) is 2. The minimum absolute atomic E-state index is 0.303. The molecule has 17 heavy (non-hydrogen) atoms. The van der Waals surface area contributed by atoms with E-state index in [1.165, 1.54) is 0 Å². The lowest BCUT2D eigenvalue weighted by atomic mass is 10.2. The molecule has 0 fully saturated rings. The average molecular weight is 303 g/mol. The van der Waals surface area contributed by atoms with Crippen molar-refractivity contribution < 1.29 is 13.9 Å². The fraction of sp³-hybridized carbons (Fsp3) is 0.636. The first-order valence-corrected chi connectivity index (χ1v) is 6.26. The van der Waals surface area contributed by atoms with Crippen LogP contribution in [0.15, 0.2) is 9.22 Å². The van der Waals surface area contributed by atoms with Gasteiger partial charge in [-0.3, -0.25) is 0 Å². The van der Waals surface area contributed by atoms with Crippen LogP contribution in [0.4, 0.5) is 4.79 Å². The van der Waals surface area contributed by atoms with Gasteiger partial charge in [-0.2, -0.15) is 0 Å². The Labute approximate surface area is 108 Å². The Bertz CT molecular complexity index is 436. The summed E-state index contributed by atoms with van der Waals surface area (Å²) in [4.78, 5) is 18.2. The Morgan fingerprint density at radius 2 is 2.24 bits per heavy atom. The van der Waals surface area contributed by atoms with E-state index in [1.807, 2.05) is 20.8 Å². The largest absolute Gasteiger partial charge is 0.444 e. The summed E-state index contributed by atoms with van der Waals surface area (Å²) in [6.45, 7) is 6.61. The molecule has 0 radical (unpaired) electrons. The van der Waals surface area contributed by atoms with Crippen molar-refractivity contribution in [2.45, 2.75) is 39.3 Å². The molecule has 0 N–H and O–H groups in total. The molecule has 2 heterocycles. The molecule has 1 aromatic heterocycles. The van der Waals surface area contributed by atoms with Crippen molar-refractivity contribution in [1.29, 1.82) is 0 Å². The Hall–Kier alpha value is -1.04. The van der Waals surface area contributed by atoms with E-state index in [1.54, 1.807) is 4.90 Å². The number of oxazole rings is 1. The number of ether oxygens (including phenoxy) is 1. The van der Waals surface area contributed by atoms with Crippen molar-refractivity contribution in [1.82, 2.24) is 9.88 Å². The Morgan fingerprint density at radius 3 is 2.88 bits per heavy atom. The molecule has 0 spiro atoms. The van der Waals surface area contributed by atoms with E-state index in [4.69, 9.17) is 9.15 Å². The fourth-order valence-electron chi connectivity index (χ4n) is 1.65. The highest BCUT2D eigenvalue weighted by Crippen LogP contribution is 2.23. The maximum Gasteiger partial charge on any atom is 0.410 e. The molecular formula is C11H15BrN2O3. The van der Waals surface area contributed by atoms with E-state index in [9.17, 15) is 4.79 Å². The molecule has 0 aliphatic carbocycles. The van der Waals surface area contributed by atoms with Crippen LogP contribution >= 0.6 is 15.9 Å². The van der Waals surface area contributed by atoms with Gasteiger partial charge in [-0.15, -0.1) is 0 Å². The molecule has 2 rings (SSSR count). The van der Waals surface area contributed by atoms with E-state index in [0.717, 1.165) is 11.5 Å². The second-order valence-corrected chi connectivity index (χ2v) is 5.67. The minimum atomic E-state index is -0.470. The molecule has 0 bridgehead atoms. The number of carbonyl (C=O) groups is 1. The molecule has 0 saturated carbocycles. The van der Waals surface area contributed by atoms with Gasteiger partial charge in [0.1, 0.15) is 17.1 Å². The number of fused-ring (bicyclic) bond motifs is 1. The quantitative estimate of drug-likeness (QED) is 0.739. The minimum Gasteiger partial charge on any atom is -0.444 e. The number of rotatable bonds is 0. The summed E-state index contributed by atoms with van der Waals surface area (Å²) >= 11 is 3.19. The smallest absolute Gasteiger partial charge is 0.410 e. The topological polar surface area (TPSA) is 55.6 Å². The normalized spacial score (nSPS) is 15.6. The van der Waals surface area contributed by atoms with E-state index in [0.29, 0.717) is 24.3 Å². The van der Waals surface area contributed by atoms with Gasteiger partial charge < -0.3 is 14.1 Å². The second kappa shape index (κ2) is 4.33. The summed E-state index contributed by atoms with van der Waals surface area (Å²) in [6, 6.07) is 0. The summed E-state index contributed by atoms with van der Waals surface area (Å²) in [6.07, 6.45) is 0.370. The van der Waals surface area contributed by atoms with Gasteiger partial charge in [0.15, 0.2) is 0 Å². The van der Waals surface area contributed by atoms with Crippen LogP contribution in [0.3, 0.4) is 0 Å². The zero-order valence-electron chi connectivity index (χ0n) is 10.1. The molecule has 0 aromatic carbocycles. The summed E-state index contributed by atoms with van der Waals surface area (Å²) in [5.74, 6) is 0.844. The van der Waals surface area contributed by atoms with Crippen molar-refractivity contribution in [3.05, 3.63) is 16.3 Å². The number of hydrogen-bond donors (Lipinski definition) is 0. The maximum absolute atomic E-state index is 11.9. The number of amides is 1. The van der Waals surface area contributed by atoms with Crippen LogP contribution in [0.1, 0.15) is 32.2 Å². The number of hydrogen-bond acceptors (Lipinski definition) is 4. The lowest BCUT2D eigenvalue weighted by Gasteiger charge is -2.28. The molecule has 1 amide bonds. The summed E-state index contributed by atoms with van der Waals surface area (Å²) < 4.78 is 10.7. The standard InChI is InChI=1S/C11H15BrN2O3/c1-11(2,3)17-10(15)14-5-4-8-7(6-14)13-9(12)16-8/h4-6H2,1-3H3. The molecule has 1 aliphatic heterocycles. The third kappa shape index (κ3) is 3.00. The van der Waals surface area contributed by atoms with Crippen LogP contribution < -0.4 is 0 Å². The monoisotopic (exact) mass is 302 g/mol. The highest BCUT2D eigenvalue weighted by molar-refractivity contribution is 9.10. The third-order valence-corrected chi connectivity index (χ3v) is 2.69. The van der Waals surface area contributed by atoms with Crippen LogP contribution in [0, 0.1) is 0 Å². The molecule has 1 aliphatic rings. The predicted molar refractivity (Wildman–Crippen MR) is 64.6 cm³/mol. The van der Waals surface area contributed by atoms with E-state index in [2.05, 4.69) is 20.9 Å². The van der Waals surface area contributed by atoms with Gasteiger partial charge in [-0.25, -0.2) is 9.78 Å². The molecule has 0 unspecified atom stereocenters. The Kier molecular flexibility index (Phi) is 3.16. The molecule has 0 atom stereocenters. The SMILES string of the molecule is CC(C)(C)OC(=O)N1CCc2oc(Br)nc2C1. The highest BCUT2D eigenvalue weighted by atomic mass is 79.9. The first-order chi connectivity index (χ1) is 7.85. The first-order valence-electron chi connectivity index (χ1n) is 5.47. The Morgan fingerprint density at radius 1 is 1.53 bits per heavy atom. The van der Waals surface area contributed by atoms with Crippen molar-refractivity contribution in [3.8, 4) is 0 Å². The summed E-state index contributed by atoms with van der Waals surface area (Å²) in [5.41, 5.74) is 0.330. The van der Waals surface area contributed by atoms with Crippen molar-refractivity contribution in [2.24, 2.45) is 0 Å². The van der Waals surface area contributed by atoms with Crippen molar-refractivity contribution >= 4 is 22.0 Å². The molecule has 0 saturated heterocycles. The summed E-state index contributed by atoms with van der Waals surface area (Å²) in [5, 5.41) is 0. The number of carbonyl (C=O) groups excluding carboxylic acids is 1. The van der Waals surface area contributed by atoms with Gasteiger partial charge >= 0.3 is 6.09 Å². The fourth-order valence-corrected chi connectivity index (χ4v) is 2.06. The Balaban J connectivity index is 2.05. The zero-order chi connectivity index (χ0) is 12.6. The van der Waals surface area contributed by atoms with Crippen molar-refractivity contribution in [3.63, 3.8) is 0 Å². The number of aromatic nitrogens is 1. The van der Waals surface area contributed by atoms with Crippen LogP contribution in [0.25, 0.3) is 0 Å². The van der Waals surface area contributed by atoms with Gasteiger partial charge in [-0.05, 0) is 20.8 Å². The van der Waals surface area contributed by atoms with Crippen LogP contribution in [-0.2, 0) is 17.7 Å². The van der Waals surface area contributed by atoms with Gasteiger partial charge in [-0.1, -0.05) is 0 Å². The van der Waals surface area contributed by atoms with E-state index in [-0.39, 0.29) is 6.09 Å². The second-order valence-electron chi connectivity index (χ2n) is 4.99. The summed E-state index contributed by atoms with van der Waals surface area (Å²) in [7, 11) is 0. The number of halogens is 1. The average Bonchev–Trinajstić information content (AvgIpc) is 2.53. The maximum atomic E-state index is 11.9. The van der Waals surface area contributed by atoms with Crippen LogP contribution in [0.2, 0.25) is 0 Å². The highest BCUT2D eigenvalue weighted by Gasteiger charge is 2.28. The van der Waals surface area contributed by atoms with Gasteiger partial charge in [0.05, 0.1) is 6.54 Å². The molecule has 6 heteroatoms. The van der Waals surface area contributed by atoms with Gasteiger partial charge in [0.2, 0.25) is 0 Å². The van der Waals surface area contributed by atoms with Crippen LogP contribution in [-0.4, -0.2) is 28.1 Å². The van der Waals surface area contributed by atoms with E-state index < -0.39 is 5.60 Å².